The molecule has 0 aliphatic carbocycles. The summed E-state index contributed by atoms with van der Waals surface area (Å²) in [6, 6.07) is 21.2. The lowest BCUT2D eigenvalue weighted by molar-refractivity contribution is 0.534. The lowest BCUT2D eigenvalue weighted by Gasteiger charge is -2.12. The zero-order chi connectivity index (χ0) is 22.7. The molecule has 0 saturated carbocycles. The molecule has 0 bridgehead atoms. The molecule has 1 atom stereocenters. The lowest BCUT2D eigenvalue weighted by Crippen LogP contribution is -2.33. The Labute approximate surface area is 189 Å². The molecule has 32 heavy (non-hydrogen) atoms. The van der Waals surface area contributed by atoms with E-state index < -0.39 is 0 Å². The Kier molecular flexibility index (Phi) is 6.36. The second kappa shape index (κ2) is 9.35. The molecular weight excluding hydrogens is 394 g/mol. The van der Waals surface area contributed by atoms with E-state index in [1.54, 1.807) is 0 Å². The van der Waals surface area contributed by atoms with Gasteiger partial charge in [-0.2, -0.15) is 5.26 Å². The van der Waals surface area contributed by atoms with E-state index in [2.05, 4.69) is 72.5 Å². The summed E-state index contributed by atoms with van der Waals surface area (Å²) in [7, 11) is 4.07. The highest BCUT2D eigenvalue weighted by molar-refractivity contribution is 6.02. The summed E-state index contributed by atoms with van der Waals surface area (Å²) >= 11 is 0. The van der Waals surface area contributed by atoms with Gasteiger partial charge in [-0.15, -0.1) is 0 Å². The molecule has 2 heterocycles. The number of likely N-dealkylation sites (N-methyl/N-ethyl adjacent to an activating group) is 1. The van der Waals surface area contributed by atoms with Crippen molar-refractivity contribution >= 4 is 10.9 Å². The van der Waals surface area contributed by atoms with Crippen molar-refractivity contribution in [2.75, 3.05) is 13.6 Å². The van der Waals surface area contributed by atoms with Crippen LogP contribution in [0.3, 0.4) is 0 Å². The Morgan fingerprint density at radius 2 is 1.75 bits per heavy atom. The highest BCUT2D eigenvalue weighted by atomic mass is 15.0. The van der Waals surface area contributed by atoms with Crippen molar-refractivity contribution in [1.82, 2.24) is 20.2 Å². The maximum absolute atomic E-state index is 9.23. The van der Waals surface area contributed by atoms with Crippen LogP contribution in [0, 0.1) is 18.3 Å². The van der Waals surface area contributed by atoms with Crippen molar-refractivity contribution < 1.29 is 0 Å². The van der Waals surface area contributed by atoms with Crippen LogP contribution < -0.4 is 10.6 Å². The molecule has 0 aliphatic rings. The van der Waals surface area contributed by atoms with Gasteiger partial charge in [0.25, 0.3) is 0 Å². The molecule has 0 amide bonds. The predicted molar refractivity (Wildman–Crippen MR) is 131 cm³/mol. The topological polar surface area (TPSA) is 65.7 Å². The first kappa shape index (κ1) is 21.8. The smallest absolute Gasteiger partial charge is 0.0991 e. The van der Waals surface area contributed by atoms with Crippen molar-refractivity contribution in [2.45, 2.75) is 26.4 Å². The van der Waals surface area contributed by atoms with Crippen LogP contribution in [0.2, 0.25) is 0 Å². The molecule has 2 aromatic carbocycles. The van der Waals surface area contributed by atoms with Crippen molar-refractivity contribution in [3.05, 3.63) is 77.6 Å². The van der Waals surface area contributed by atoms with Crippen LogP contribution in [0.25, 0.3) is 33.3 Å². The van der Waals surface area contributed by atoms with Crippen LogP contribution >= 0.6 is 0 Å². The number of hydrogen-bond donors (Lipinski definition) is 2. The van der Waals surface area contributed by atoms with E-state index in [9.17, 15) is 5.26 Å². The van der Waals surface area contributed by atoms with Crippen molar-refractivity contribution in [3.8, 4) is 28.5 Å². The van der Waals surface area contributed by atoms with Crippen LogP contribution in [0.5, 0.6) is 0 Å². The fourth-order valence-corrected chi connectivity index (χ4v) is 3.97. The van der Waals surface area contributed by atoms with Gasteiger partial charge in [0.15, 0.2) is 0 Å². The number of nitrogens with one attached hydrogen (secondary N) is 2. The zero-order valence-electron chi connectivity index (χ0n) is 19.1. The van der Waals surface area contributed by atoms with Gasteiger partial charge in [0.2, 0.25) is 0 Å². The second-order valence-electron chi connectivity index (χ2n) is 8.35. The Balaban J connectivity index is 1.86. The Morgan fingerprint density at radius 1 is 1.06 bits per heavy atom. The third-order valence-corrected chi connectivity index (χ3v) is 6.08. The van der Waals surface area contributed by atoms with Gasteiger partial charge in [-0.1, -0.05) is 42.0 Å². The minimum absolute atomic E-state index is 0.411. The number of aryl methyl sites for hydroxylation is 2. The number of nitrogens with zero attached hydrogens (tertiary/aromatic N) is 3. The Hall–Kier alpha value is -3.46. The summed E-state index contributed by atoms with van der Waals surface area (Å²) in [5.41, 5.74) is 8.38. The van der Waals surface area contributed by atoms with Crippen molar-refractivity contribution in [2.24, 2.45) is 7.05 Å². The Bertz CT molecular complexity index is 1260. The van der Waals surface area contributed by atoms with E-state index in [4.69, 9.17) is 4.98 Å². The van der Waals surface area contributed by atoms with Crippen LogP contribution in [0.15, 0.2) is 60.8 Å². The van der Waals surface area contributed by atoms with E-state index in [1.807, 2.05) is 37.5 Å². The van der Waals surface area contributed by atoms with E-state index in [0.29, 0.717) is 11.6 Å². The quantitative estimate of drug-likeness (QED) is 0.449. The van der Waals surface area contributed by atoms with E-state index in [0.717, 1.165) is 41.0 Å². The number of fused-ring (bicyclic) bond motifs is 1. The molecule has 5 nitrogen and oxygen atoms in total. The molecule has 4 aromatic rings. The van der Waals surface area contributed by atoms with Crippen LogP contribution in [-0.2, 0) is 13.6 Å². The molecule has 162 valence electrons. The highest BCUT2D eigenvalue weighted by Crippen LogP contribution is 2.37. The van der Waals surface area contributed by atoms with Gasteiger partial charge < -0.3 is 15.2 Å². The largest absolute Gasteiger partial charge is 0.345 e. The van der Waals surface area contributed by atoms with Crippen molar-refractivity contribution in [1.29, 1.82) is 5.26 Å². The summed E-state index contributed by atoms with van der Waals surface area (Å²) in [6.07, 6.45) is 1.97. The molecular formula is C27H29N5. The predicted octanol–water partition coefficient (Wildman–Crippen LogP) is 4.78. The minimum atomic E-state index is 0.411. The van der Waals surface area contributed by atoms with Crippen LogP contribution in [0.1, 0.15) is 23.7 Å². The fraction of sp³-hybridized carbons (Fsp3) is 0.259. The highest BCUT2D eigenvalue weighted by Gasteiger charge is 2.17. The molecule has 5 heteroatoms. The monoisotopic (exact) mass is 423 g/mol. The Morgan fingerprint density at radius 3 is 2.41 bits per heavy atom. The first-order chi connectivity index (χ1) is 15.5. The van der Waals surface area contributed by atoms with E-state index in [-0.39, 0.29) is 0 Å². The SMILES string of the molecule is CNC(C)CNCc1cc2c(-c3ccc(C#N)cc3)c(-c3ccc(C)cc3)ncc2n1C. The second-order valence-corrected chi connectivity index (χ2v) is 8.35. The maximum atomic E-state index is 9.23. The fourth-order valence-electron chi connectivity index (χ4n) is 3.97. The third kappa shape index (κ3) is 4.29. The summed E-state index contributed by atoms with van der Waals surface area (Å²) in [4.78, 5) is 4.91. The van der Waals surface area contributed by atoms with Gasteiger partial charge in [-0.3, -0.25) is 4.98 Å². The average Bonchev–Trinajstić information content (AvgIpc) is 3.14. The van der Waals surface area contributed by atoms with Crippen molar-refractivity contribution in [3.63, 3.8) is 0 Å². The van der Waals surface area contributed by atoms with Gasteiger partial charge in [-0.25, -0.2) is 0 Å². The molecule has 0 fully saturated rings. The molecule has 4 rings (SSSR count). The first-order valence-corrected chi connectivity index (χ1v) is 10.9. The summed E-state index contributed by atoms with van der Waals surface area (Å²) in [6.45, 7) is 5.93. The van der Waals surface area contributed by atoms with Gasteiger partial charge >= 0.3 is 0 Å². The molecule has 2 N–H and O–H groups in total. The number of rotatable bonds is 7. The lowest BCUT2D eigenvalue weighted by atomic mass is 9.95. The molecule has 2 aromatic heterocycles. The first-order valence-electron chi connectivity index (χ1n) is 10.9. The minimum Gasteiger partial charge on any atom is -0.345 e. The van der Waals surface area contributed by atoms with Gasteiger partial charge in [0, 0.05) is 48.4 Å². The third-order valence-electron chi connectivity index (χ3n) is 6.08. The standard InChI is InChI=1S/C27H29N5/c1-18-5-9-22(10-6-18)27-26(21-11-7-20(14-28)8-12-21)24-13-23(16-30-15-19(2)29-3)32(4)25(24)17-31-27/h5-13,17,19,29-30H,15-16H2,1-4H3. The van der Waals surface area contributed by atoms with Crippen LogP contribution in [0.4, 0.5) is 0 Å². The molecule has 1 unspecified atom stereocenters. The number of pyridine rings is 1. The number of nitriles is 1. The molecule has 0 spiro atoms. The molecule has 0 saturated heterocycles. The van der Waals surface area contributed by atoms with Gasteiger partial charge in [0.1, 0.15) is 0 Å². The molecule has 0 radical (unpaired) electrons. The van der Waals surface area contributed by atoms with E-state index >= 15 is 0 Å². The van der Waals surface area contributed by atoms with Gasteiger partial charge in [0.05, 0.1) is 29.0 Å². The number of aromatic nitrogens is 2. The zero-order valence-corrected chi connectivity index (χ0v) is 19.1. The van der Waals surface area contributed by atoms with E-state index in [1.165, 1.54) is 16.6 Å². The average molecular weight is 424 g/mol. The summed E-state index contributed by atoms with van der Waals surface area (Å²) in [5, 5.41) is 17.2. The normalized spacial score (nSPS) is 12.1. The maximum Gasteiger partial charge on any atom is 0.0991 e. The van der Waals surface area contributed by atoms with Gasteiger partial charge in [-0.05, 0) is 44.7 Å². The summed E-state index contributed by atoms with van der Waals surface area (Å²) in [5.74, 6) is 0. The van der Waals surface area contributed by atoms with Crippen LogP contribution in [-0.4, -0.2) is 29.2 Å². The molecule has 0 aliphatic heterocycles. The number of hydrogen-bond acceptors (Lipinski definition) is 4. The summed E-state index contributed by atoms with van der Waals surface area (Å²) < 4.78 is 2.21. The number of benzene rings is 2.